The van der Waals surface area contributed by atoms with E-state index in [2.05, 4.69) is 10.6 Å². The van der Waals surface area contributed by atoms with Gasteiger partial charge in [-0.05, 0) is 68.4 Å². The van der Waals surface area contributed by atoms with Crippen LogP contribution in [-0.2, 0) is 0 Å². The first-order chi connectivity index (χ1) is 12.3. The lowest BCUT2D eigenvalue weighted by Crippen LogP contribution is -2.34. The van der Waals surface area contributed by atoms with Gasteiger partial charge >= 0.3 is 5.69 Å². The smallest absolute Gasteiger partial charge is 0.311 e. The van der Waals surface area contributed by atoms with Crippen LogP contribution >= 0.6 is 12.2 Å². The molecule has 0 heterocycles. The Morgan fingerprint density at radius 2 is 1.92 bits per heavy atom. The van der Waals surface area contributed by atoms with Crippen molar-refractivity contribution in [3.8, 4) is 5.75 Å². The molecule has 26 heavy (non-hydrogen) atoms. The molecule has 0 saturated carbocycles. The Balaban J connectivity index is 2.11. The molecule has 0 radical (unpaired) electrons. The zero-order valence-electron chi connectivity index (χ0n) is 14.7. The Morgan fingerprint density at radius 3 is 2.54 bits per heavy atom. The summed E-state index contributed by atoms with van der Waals surface area (Å²) in [6.07, 6.45) is 0. The highest BCUT2D eigenvalue weighted by molar-refractivity contribution is 7.80. The van der Waals surface area contributed by atoms with Crippen molar-refractivity contribution in [1.82, 2.24) is 5.32 Å². The first kappa shape index (κ1) is 19.3. The van der Waals surface area contributed by atoms with Crippen molar-refractivity contribution in [2.24, 2.45) is 0 Å². The fourth-order valence-corrected chi connectivity index (χ4v) is 2.45. The van der Waals surface area contributed by atoms with Crippen LogP contribution in [0.5, 0.6) is 5.75 Å². The molecule has 0 bridgehead atoms. The Labute approximate surface area is 156 Å². The molecular weight excluding hydrogens is 354 g/mol. The van der Waals surface area contributed by atoms with E-state index in [1.165, 1.54) is 18.2 Å². The number of aryl methyl sites for hydroxylation is 2. The third-order valence-electron chi connectivity index (χ3n) is 3.71. The van der Waals surface area contributed by atoms with Crippen LogP contribution < -0.4 is 15.4 Å². The van der Waals surface area contributed by atoms with Crippen molar-refractivity contribution >= 4 is 34.6 Å². The summed E-state index contributed by atoms with van der Waals surface area (Å²) in [5, 5.41) is 16.7. The summed E-state index contributed by atoms with van der Waals surface area (Å²) < 4.78 is 5.20. The molecule has 1 amide bonds. The Bertz CT molecular complexity index is 868. The van der Waals surface area contributed by atoms with E-state index in [1.807, 2.05) is 32.0 Å². The number of anilines is 1. The maximum atomic E-state index is 12.3. The number of amides is 1. The van der Waals surface area contributed by atoms with Crippen LogP contribution in [0, 0.1) is 24.0 Å². The number of nitro benzene ring substituents is 1. The average molecular weight is 373 g/mol. The van der Waals surface area contributed by atoms with Crippen LogP contribution in [0.1, 0.15) is 28.4 Å². The fourth-order valence-electron chi connectivity index (χ4n) is 2.24. The molecule has 0 unspecified atom stereocenters. The zero-order chi connectivity index (χ0) is 19.3. The number of ether oxygens (including phenoxy) is 1. The van der Waals surface area contributed by atoms with Crippen molar-refractivity contribution < 1.29 is 14.5 Å². The second kappa shape index (κ2) is 8.39. The molecule has 0 atom stereocenters. The van der Waals surface area contributed by atoms with Crippen molar-refractivity contribution in [3.63, 3.8) is 0 Å². The quantitative estimate of drug-likeness (QED) is 0.471. The second-order valence-electron chi connectivity index (χ2n) is 5.58. The van der Waals surface area contributed by atoms with Crippen LogP contribution in [0.3, 0.4) is 0 Å². The summed E-state index contributed by atoms with van der Waals surface area (Å²) in [5.74, 6) is -0.428. The van der Waals surface area contributed by atoms with Gasteiger partial charge in [-0.25, -0.2) is 0 Å². The number of nitrogens with one attached hydrogen (secondary N) is 2. The van der Waals surface area contributed by atoms with E-state index in [1.54, 1.807) is 6.92 Å². The third kappa shape index (κ3) is 4.76. The van der Waals surface area contributed by atoms with E-state index >= 15 is 0 Å². The van der Waals surface area contributed by atoms with Crippen molar-refractivity contribution in [1.29, 1.82) is 0 Å². The number of carbonyl (C=O) groups excluding carboxylic acids is 1. The average Bonchev–Trinajstić information content (AvgIpc) is 2.58. The Kier molecular flexibility index (Phi) is 6.24. The summed E-state index contributed by atoms with van der Waals surface area (Å²) in [6, 6.07) is 9.72. The largest absolute Gasteiger partial charge is 0.487 e. The molecule has 136 valence electrons. The summed E-state index contributed by atoms with van der Waals surface area (Å²) in [6.45, 7) is 5.98. The molecule has 0 aliphatic rings. The SMILES string of the molecule is CCOc1ccc(C(=O)NC(=S)Nc2ccc(C)c(C)c2)cc1[N+](=O)[O-]. The summed E-state index contributed by atoms with van der Waals surface area (Å²) >= 11 is 5.14. The van der Waals surface area contributed by atoms with Crippen molar-refractivity contribution in [2.75, 3.05) is 11.9 Å². The molecule has 0 aliphatic carbocycles. The van der Waals surface area contributed by atoms with Crippen LogP contribution in [0.2, 0.25) is 0 Å². The molecule has 0 spiro atoms. The van der Waals surface area contributed by atoms with Gasteiger partial charge in [0.2, 0.25) is 0 Å². The van der Waals surface area contributed by atoms with E-state index in [9.17, 15) is 14.9 Å². The van der Waals surface area contributed by atoms with E-state index in [0.29, 0.717) is 0 Å². The molecule has 2 N–H and O–H groups in total. The van der Waals surface area contributed by atoms with Gasteiger partial charge in [-0.2, -0.15) is 0 Å². The molecular formula is C18H19N3O4S. The van der Waals surface area contributed by atoms with Gasteiger partial charge in [-0.3, -0.25) is 20.2 Å². The number of hydrogen-bond donors (Lipinski definition) is 2. The highest BCUT2D eigenvalue weighted by atomic mass is 32.1. The normalized spacial score (nSPS) is 10.1. The molecule has 0 saturated heterocycles. The third-order valence-corrected chi connectivity index (χ3v) is 3.91. The van der Waals surface area contributed by atoms with Crippen LogP contribution in [-0.4, -0.2) is 22.5 Å². The second-order valence-corrected chi connectivity index (χ2v) is 5.99. The number of benzene rings is 2. The van der Waals surface area contributed by atoms with Crippen LogP contribution in [0.4, 0.5) is 11.4 Å². The molecule has 8 heteroatoms. The topological polar surface area (TPSA) is 93.5 Å². The molecule has 2 rings (SSSR count). The maximum Gasteiger partial charge on any atom is 0.311 e. The highest BCUT2D eigenvalue weighted by Gasteiger charge is 2.19. The summed E-state index contributed by atoms with van der Waals surface area (Å²) in [7, 11) is 0. The minimum atomic E-state index is -0.590. The van der Waals surface area contributed by atoms with Gasteiger partial charge < -0.3 is 10.1 Å². The summed E-state index contributed by atoms with van der Waals surface area (Å²) in [5.41, 5.74) is 2.83. The molecule has 0 aromatic heterocycles. The molecule has 2 aromatic rings. The molecule has 0 aliphatic heterocycles. The zero-order valence-corrected chi connectivity index (χ0v) is 15.5. The van der Waals surface area contributed by atoms with E-state index in [0.717, 1.165) is 16.8 Å². The first-order valence-corrected chi connectivity index (χ1v) is 8.33. The van der Waals surface area contributed by atoms with Gasteiger partial charge in [0.05, 0.1) is 11.5 Å². The van der Waals surface area contributed by atoms with Crippen molar-refractivity contribution in [2.45, 2.75) is 20.8 Å². The Hall–Kier alpha value is -3.00. The van der Waals surface area contributed by atoms with E-state index in [-0.39, 0.29) is 28.7 Å². The number of hydrogen-bond acceptors (Lipinski definition) is 5. The fraction of sp³-hybridized carbons (Fsp3) is 0.222. The predicted octanol–water partition coefficient (Wildman–Crippen LogP) is 3.74. The van der Waals surface area contributed by atoms with Gasteiger partial charge in [-0.15, -0.1) is 0 Å². The van der Waals surface area contributed by atoms with Gasteiger partial charge in [0.15, 0.2) is 10.9 Å². The minimum absolute atomic E-state index is 0.106. The van der Waals surface area contributed by atoms with Gasteiger partial charge in [0.1, 0.15) is 0 Å². The van der Waals surface area contributed by atoms with Gasteiger partial charge in [0.25, 0.3) is 5.91 Å². The molecule has 7 nitrogen and oxygen atoms in total. The number of nitro groups is 1. The minimum Gasteiger partial charge on any atom is -0.487 e. The van der Waals surface area contributed by atoms with Gasteiger partial charge in [0, 0.05) is 17.3 Å². The Morgan fingerprint density at radius 1 is 1.19 bits per heavy atom. The van der Waals surface area contributed by atoms with Crippen molar-refractivity contribution in [3.05, 3.63) is 63.2 Å². The summed E-state index contributed by atoms with van der Waals surface area (Å²) in [4.78, 5) is 22.9. The number of nitrogens with zero attached hydrogens (tertiary/aromatic N) is 1. The van der Waals surface area contributed by atoms with Crippen LogP contribution in [0.25, 0.3) is 0 Å². The first-order valence-electron chi connectivity index (χ1n) is 7.92. The monoisotopic (exact) mass is 373 g/mol. The number of rotatable bonds is 5. The van der Waals surface area contributed by atoms with E-state index < -0.39 is 10.8 Å². The van der Waals surface area contributed by atoms with E-state index in [4.69, 9.17) is 17.0 Å². The highest BCUT2D eigenvalue weighted by Crippen LogP contribution is 2.28. The lowest BCUT2D eigenvalue weighted by atomic mass is 10.1. The van der Waals surface area contributed by atoms with Gasteiger partial charge in [-0.1, -0.05) is 6.07 Å². The number of carbonyl (C=O) groups is 1. The lowest BCUT2D eigenvalue weighted by Gasteiger charge is -2.11. The standard InChI is InChI=1S/C18H19N3O4S/c1-4-25-16-8-6-13(10-15(16)21(23)24)17(22)20-18(26)19-14-7-5-11(2)12(3)9-14/h5-10H,4H2,1-3H3,(H2,19,20,22,26). The maximum absolute atomic E-state index is 12.3. The molecule has 2 aromatic carbocycles. The predicted molar refractivity (Wildman–Crippen MR) is 104 cm³/mol. The lowest BCUT2D eigenvalue weighted by molar-refractivity contribution is -0.385. The van der Waals surface area contributed by atoms with Crippen LogP contribution in [0.15, 0.2) is 36.4 Å². The molecule has 0 fully saturated rings. The number of thiocarbonyl (C=S) groups is 1.